The Labute approximate surface area is 195 Å². The molecule has 0 amide bonds. The zero-order valence-electron chi connectivity index (χ0n) is 17.1. The topological polar surface area (TPSA) is 80.2 Å². The third-order valence-corrected chi connectivity index (χ3v) is 7.84. The van der Waals surface area contributed by atoms with Gasteiger partial charge in [-0.1, -0.05) is 71.5 Å². The van der Waals surface area contributed by atoms with E-state index in [0.717, 1.165) is 22.5 Å². The minimum atomic E-state index is -3.77. The molecule has 6 nitrogen and oxygen atoms in total. The van der Waals surface area contributed by atoms with Gasteiger partial charge in [-0.05, 0) is 35.4 Å². The molecule has 0 spiro atoms. The van der Waals surface area contributed by atoms with Crippen LogP contribution in [0.15, 0.2) is 82.5 Å². The van der Waals surface area contributed by atoms with Gasteiger partial charge < -0.3 is 5.32 Å². The zero-order valence-corrected chi connectivity index (χ0v) is 19.5. The van der Waals surface area contributed by atoms with E-state index in [-0.39, 0.29) is 16.3 Å². The van der Waals surface area contributed by atoms with E-state index in [1.165, 1.54) is 6.07 Å². The second-order valence-electron chi connectivity index (χ2n) is 7.25. The summed E-state index contributed by atoms with van der Waals surface area (Å²) in [6.45, 7) is 1.65. The molecule has 0 fully saturated rings. The summed E-state index contributed by atoms with van der Waals surface area (Å²) in [5.74, 6) is 0. The maximum absolute atomic E-state index is 12.9. The molecule has 4 aromatic rings. The number of hydrogen-bond donors (Lipinski definition) is 2. The Hall–Kier alpha value is -2.49. The van der Waals surface area contributed by atoms with Crippen LogP contribution < -0.4 is 14.9 Å². The number of hydrogen-bond acceptors (Lipinski definition) is 5. The Kier molecular flexibility index (Phi) is 7.07. The quantitative estimate of drug-likeness (QED) is 0.352. The van der Waals surface area contributed by atoms with E-state index in [9.17, 15) is 13.2 Å². The second-order valence-corrected chi connectivity index (χ2v) is 10.4. The van der Waals surface area contributed by atoms with Gasteiger partial charge in [0, 0.05) is 24.7 Å². The van der Waals surface area contributed by atoms with Crippen LogP contribution in [0, 0.1) is 0 Å². The number of rotatable bonds is 9. The lowest BCUT2D eigenvalue weighted by atomic mass is 10.2. The molecule has 0 aliphatic rings. The van der Waals surface area contributed by atoms with Gasteiger partial charge in [-0.2, -0.15) is 0 Å². The largest absolute Gasteiger partial charge is 0.311 e. The number of nitrogens with one attached hydrogen (secondary N) is 2. The molecule has 9 heteroatoms. The number of aromatic nitrogens is 1. The fraction of sp³-hybridized carbons (Fsp3) is 0.174. The Bertz CT molecular complexity index is 1380. The van der Waals surface area contributed by atoms with Crippen molar-refractivity contribution in [2.75, 3.05) is 13.1 Å². The second kappa shape index (κ2) is 9.97. The first-order valence-corrected chi connectivity index (χ1v) is 12.7. The van der Waals surface area contributed by atoms with Crippen molar-refractivity contribution in [3.8, 4) is 0 Å². The normalized spacial score (nSPS) is 11.8. The lowest BCUT2D eigenvalue weighted by Crippen LogP contribution is -2.31. The molecular formula is C23H22ClN3O3S2. The van der Waals surface area contributed by atoms with Gasteiger partial charge in [0.2, 0.25) is 10.0 Å². The molecule has 0 saturated carbocycles. The molecule has 0 radical (unpaired) electrons. The molecule has 2 N–H and O–H groups in total. The van der Waals surface area contributed by atoms with Crippen LogP contribution in [0.25, 0.3) is 10.2 Å². The van der Waals surface area contributed by atoms with Crippen molar-refractivity contribution >= 4 is 43.2 Å². The molecule has 166 valence electrons. The van der Waals surface area contributed by atoms with Crippen LogP contribution in [-0.4, -0.2) is 26.1 Å². The van der Waals surface area contributed by atoms with Crippen LogP contribution in [-0.2, 0) is 23.1 Å². The summed E-state index contributed by atoms with van der Waals surface area (Å²) in [6.07, 6.45) is 0. The Morgan fingerprint density at radius 3 is 2.44 bits per heavy atom. The van der Waals surface area contributed by atoms with Gasteiger partial charge in [-0.3, -0.25) is 9.36 Å². The smallest absolute Gasteiger partial charge is 0.308 e. The van der Waals surface area contributed by atoms with Crippen molar-refractivity contribution in [3.05, 3.63) is 98.6 Å². The van der Waals surface area contributed by atoms with Gasteiger partial charge in [0.1, 0.15) is 4.90 Å². The van der Waals surface area contributed by atoms with Gasteiger partial charge in [-0.15, -0.1) is 0 Å². The van der Waals surface area contributed by atoms with E-state index in [1.807, 2.05) is 48.5 Å². The third kappa shape index (κ3) is 5.28. The van der Waals surface area contributed by atoms with E-state index in [0.29, 0.717) is 34.9 Å². The average Bonchev–Trinajstić information content (AvgIpc) is 3.09. The highest BCUT2D eigenvalue weighted by molar-refractivity contribution is 7.90. The van der Waals surface area contributed by atoms with Gasteiger partial charge in [0.05, 0.1) is 16.8 Å². The molecule has 0 unspecified atom stereocenters. The highest BCUT2D eigenvalue weighted by atomic mass is 35.5. The van der Waals surface area contributed by atoms with Crippen LogP contribution in [0.3, 0.4) is 0 Å². The first kappa shape index (κ1) is 22.7. The van der Waals surface area contributed by atoms with Crippen LogP contribution in [0.2, 0.25) is 5.02 Å². The molecule has 3 aromatic carbocycles. The summed E-state index contributed by atoms with van der Waals surface area (Å²) in [4.78, 5) is 12.6. The molecule has 0 bridgehead atoms. The number of thiazole rings is 1. The molecule has 1 heterocycles. The fourth-order valence-corrected chi connectivity index (χ4v) is 6.12. The van der Waals surface area contributed by atoms with E-state index in [4.69, 9.17) is 11.6 Å². The van der Waals surface area contributed by atoms with Crippen LogP contribution in [0.5, 0.6) is 0 Å². The van der Waals surface area contributed by atoms with Crippen molar-refractivity contribution in [2.24, 2.45) is 0 Å². The predicted octanol–water partition coefficient (Wildman–Crippen LogP) is 3.83. The van der Waals surface area contributed by atoms with Crippen LogP contribution >= 0.6 is 22.9 Å². The van der Waals surface area contributed by atoms with Crippen molar-refractivity contribution in [1.82, 2.24) is 14.6 Å². The van der Waals surface area contributed by atoms with E-state index in [2.05, 4.69) is 10.0 Å². The first-order valence-electron chi connectivity index (χ1n) is 10.1. The predicted molar refractivity (Wildman–Crippen MR) is 130 cm³/mol. The number of benzene rings is 3. The van der Waals surface area contributed by atoms with E-state index in [1.54, 1.807) is 22.8 Å². The number of nitrogens with zero attached hydrogens (tertiary/aromatic N) is 1. The average molecular weight is 488 g/mol. The molecular weight excluding hydrogens is 466 g/mol. The van der Waals surface area contributed by atoms with Gasteiger partial charge in [0.15, 0.2) is 0 Å². The number of sulfonamides is 1. The lowest BCUT2D eigenvalue weighted by Gasteiger charge is -2.09. The molecule has 0 aliphatic carbocycles. The summed E-state index contributed by atoms with van der Waals surface area (Å²) >= 11 is 6.93. The Morgan fingerprint density at radius 2 is 1.66 bits per heavy atom. The van der Waals surface area contributed by atoms with E-state index >= 15 is 0 Å². The van der Waals surface area contributed by atoms with Crippen LogP contribution in [0.1, 0.15) is 11.1 Å². The number of fused-ring (bicyclic) bond motifs is 1. The van der Waals surface area contributed by atoms with E-state index < -0.39 is 10.0 Å². The fourth-order valence-electron chi connectivity index (χ4n) is 3.42. The molecule has 0 aliphatic heterocycles. The van der Waals surface area contributed by atoms with Gasteiger partial charge in [0.25, 0.3) is 0 Å². The summed E-state index contributed by atoms with van der Waals surface area (Å²) in [5.41, 5.74) is 2.62. The van der Waals surface area contributed by atoms with Crippen molar-refractivity contribution in [2.45, 2.75) is 18.0 Å². The van der Waals surface area contributed by atoms with Crippen molar-refractivity contribution in [3.63, 3.8) is 0 Å². The Balaban J connectivity index is 1.46. The maximum atomic E-state index is 12.9. The Morgan fingerprint density at radius 1 is 0.906 bits per heavy atom. The summed E-state index contributed by atoms with van der Waals surface area (Å²) in [6, 6.07) is 22.1. The minimum absolute atomic E-state index is 0.124. The standard InChI is InChI=1S/C23H22ClN3O3S2/c24-19-9-4-8-18(14-19)15-25-12-13-26-32(29,30)21-11-5-10-20-22(21)31-23(28)27(20)16-17-6-2-1-3-7-17/h1-11,14,25-26H,12-13,15-16H2. The van der Waals surface area contributed by atoms with Gasteiger partial charge >= 0.3 is 4.87 Å². The maximum Gasteiger partial charge on any atom is 0.308 e. The van der Waals surface area contributed by atoms with Crippen molar-refractivity contribution < 1.29 is 8.42 Å². The monoisotopic (exact) mass is 487 g/mol. The highest BCUT2D eigenvalue weighted by Crippen LogP contribution is 2.26. The molecule has 4 rings (SSSR count). The molecule has 1 aromatic heterocycles. The van der Waals surface area contributed by atoms with Crippen molar-refractivity contribution in [1.29, 1.82) is 0 Å². The lowest BCUT2D eigenvalue weighted by molar-refractivity contribution is 0.577. The summed E-state index contributed by atoms with van der Waals surface area (Å²) in [5, 5.41) is 3.86. The molecule has 0 saturated heterocycles. The summed E-state index contributed by atoms with van der Waals surface area (Å²) < 4.78 is 30.6. The third-order valence-electron chi connectivity index (χ3n) is 4.94. The van der Waals surface area contributed by atoms with Gasteiger partial charge in [-0.25, -0.2) is 13.1 Å². The molecule has 0 atom stereocenters. The zero-order chi connectivity index (χ0) is 22.6. The highest BCUT2D eigenvalue weighted by Gasteiger charge is 2.20. The molecule has 32 heavy (non-hydrogen) atoms. The first-order chi connectivity index (χ1) is 15.4. The summed E-state index contributed by atoms with van der Waals surface area (Å²) in [7, 11) is -3.77. The van der Waals surface area contributed by atoms with Crippen LogP contribution in [0.4, 0.5) is 0 Å². The number of halogens is 1. The minimum Gasteiger partial charge on any atom is -0.311 e. The SMILES string of the molecule is O=c1sc2c(S(=O)(=O)NCCNCc3cccc(Cl)c3)cccc2n1Cc1ccccc1.